The third-order valence-electron chi connectivity index (χ3n) is 6.19. The molecular weight excluding hydrogens is 330 g/mol. The van der Waals surface area contributed by atoms with Crippen LogP contribution in [0.25, 0.3) is 23.1 Å². The van der Waals surface area contributed by atoms with Crippen molar-refractivity contribution in [3.63, 3.8) is 0 Å². The number of para-hydroxylation sites is 1. The highest BCUT2D eigenvalue weighted by Crippen LogP contribution is 2.54. The smallest absolute Gasteiger partial charge is 0.122 e. The summed E-state index contributed by atoms with van der Waals surface area (Å²) in [5.41, 5.74) is 7.28. The average Bonchev–Trinajstić information content (AvgIpc) is 2.63. The number of rotatable bonds is 3. The summed E-state index contributed by atoms with van der Waals surface area (Å²) in [5.74, 6) is 0.864. The van der Waals surface area contributed by atoms with Gasteiger partial charge in [-0.2, -0.15) is 0 Å². The maximum absolute atomic E-state index is 9.98. The van der Waals surface area contributed by atoms with Crippen molar-refractivity contribution in [2.24, 2.45) is 5.41 Å². The fraction of sp³-hybridized carbons (Fsp3) is 0.320. The first kappa shape index (κ1) is 17.8. The van der Waals surface area contributed by atoms with Crippen LogP contribution >= 0.6 is 0 Å². The minimum atomic E-state index is 0.290. The highest BCUT2D eigenvalue weighted by molar-refractivity contribution is 5.88. The van der Waals surface area contributed by atoms with Gasteiger partial charge in [0, 0.05) is 10.9 Å². The number of phenolic OH excluding ortho intramolecular Hbond substituents is 1. The van der Waals surface area contributed by atoms with Crippen LogP contribution in [-0.4, -0.2) is 10.1 Å². The normalized spacial score (nSPS) is 18.7. The van der Waals surface area contributed by atoms with E-state index in [0.717, 1.165) is 16.8 Å². The Morgan fingerprint density at radius 1 is 1.04 bits per heavy atom. The number of aryl methyl sites for hydroxylation is 2. The second kappa shape index (κ2) is 6.53. The van der Waals surface area contributed by atoms with Gasteiger partial charge in [-0.1, -0.05) is 44.2 Å². The van der Waals surface area contributed by atoms with Gasteiger partial charge >= 0.3 is 0 Å². The van der Waals surface area contributed by atoms with Crippen LogP contribution in [0.1, 0.15) is 60.6 Å². The van der Waals surface area contributed by atoms with Crippen molar-refractivity contribution in [3.05, 3.63) is 70.4 Å². The minimum absolute atomic E-state index is 0.290. The first-order chi connectivity index (χ1) is 12.9. The van der Waals surface area contributed by atoms with Crippen molar-refractivity contribution < 1.29 is 5.11 Å². The number of fused-ring (bicyclic) bond motifs is 1. The molecular formula is C25H27NO. The second-order valence-corrected chi connectivity index (χ2v) is 8.53. The molecule has 27 heavy (non-hydrogen) atoms. The number of nitrogens with zero attached hydrogens (tertiary/aromatic N) is 1. The summed E-state index contributed by atoms with van der Waals surface area (Å²) in [6.07, 6.45) is 6.44. The molecule has 138 valence electrons. The monoisotopic (exact) mass is 357 g/mol. The Morgan fingerprint density at radius 2 is 1.81 bits per heavy atom. The van der Waals surface area contributed by atoms with Crippen LogP contribution in [0.2, 0.25) is 0 Å². The lowest BCUT2D eigenvalue weighted by Gasteiger charge is -2.46. The topological polar surface area (TPSA) is 33.1 Å². The van der Waals surface area contributed by atoms with Crippen molar-refractivity contribution in [1.82, 2.24) is 4.98 Å². The molecule has 0 bridgehead atoms. The van der Waals surface area contributed by atoms with E-state index in [1.165, 1.54) is 34.9 Å². The molecule has 1 saturated carbocycles. The van der Waals surface area contributed by atoms with Gasteiger partial charge in [0.15, 0.2) is 0 Å². The van der Waals surface area contributed by atoms with E-state index in [-0.39, 0.29) is 5.75 Å². The number of benzene rings is 2. The highest BCUT2D eigenvalue weighted by atomic mass is 16.3. The van der Waals surface area contributed by atoms with E-state index in [4.69, 9.17) is 4.98 Å². The van der Waals surface area contributed by atoms with E-state index in [9.17, 15) is 5.11 Å². The lowest BCUT2D eigenvalue weighted by Crippen LogP contribution is -2.33. The van der Waals surface area contributed by atoms with Crippen molar-refractivity contribution >= 4 is 23.1 Å². The largest absolute Gasteiger partial charge is 0.507 e. The molecule has 4 rings (SSSR count). The number of phenols is 1. The Kier molecular flexibility index (Phi) is 4.30. The summed E-state index contributed by atoms with van der Waals surface area (Å²) in [7, 11) is 0. The van der Waals surface area contributed by atoms with Crippen molar-refractivity contribution in [1.29, 1.82) is 0 Å². The van der Waals surface area contributed by atoms with Gasteiger partial charge in [0.1, 0.15) is 5.75 Å². The zero-order valence-corrected chi connectivity index (χ0v) is 16.6. The number of aromatic hydroxyl groups is 1. The van der Waals surface area contributed by atoms with E-state index in [0.29, 0.717) is 11.3 Å². The molecule has 0 aliphatic heterocycles. The molecule has 1 aliphatic rings. The van der Waals surface area contributed by atoms with Crippen molar-refractivity contribution in [2.45, 2.75) is 46.5 Å². The Bertz CT molecular complexity index is 1050. The van der Waals surface area contributed by atoms with Gasteiger partial charge in [-0.15, -0.1) is 0 Å². The molecule has 0 radical (unpaired) electrons. The summed E-state index contributed by atoms with van der Waals surface area (Å²) < 4.78 is 0. The van der Waals surface area contributed by atoms with Crippen molar-refractivity contribution in [2.75, 3.05) is 0 Å². The Hall–Kier alpha value is -2.61. The van der Waals surface area contributed by atoms with Gasteiger partial charge in [0.25, 0.3) is 0 Å². The van der Waals surface area contributed by atoms with Crippen LogP contribution in [0.5, 0.6) is 5.75 Å². The predicted molar refractivity (Wildman–Crippen MR) is 114 cm³/mol. The molecule has 3 aromatic rings. The lowest BCUT2D eigenvalue weighted by molar-refractivity contribution is 0.140. The predicted octanol–water partition coefficient (Wildman–Crippen LogP) is 6.63. The van der Waals surface area contributed by atoms with Crippen molar-refractivity contribution in [3.8, 4) is 5.75 Å². The van der Waals surface area contributed by atoms with Gasteiger partial charge in [-0.3, -0.25) is 0 Å². The third-order valence-corrected chi connectivity index (χ3v) is 6.19. The van der Waals surface area contributed by atoms with Crippen LogP contribution in [0.4, 0.5) is 0 Å². The second-order valence-electron chi connectivity index (χ2n) is 8.53. The zero-order chi connectivity index (χ0) is 19.2. The Balaban J connectivity index is 1.82. The molecule has 1 fully saturated rings. The van der Waals surface area contributed by atoms with E-state index in [1.54, 1.807) is 6.07 Å². The third kappa shape index (κ3) is 3.14. The molecule has 2 heteroatoms. The SMILES string of the molecule is Cc1cc(C)c2ccc(C=Cc3ccccc3O)nc2c1C1CCC1(C)C. The zero-order valence-electron chi connectivity index (χ0n) is 16.6. The minimum Gasteiger partial charge on any atom is -0.507 e. The standard InChI is InChI=1S/C25H27NO/c1-16-15-17(2)23(21-13-14-25(21,3)4)24-20(16)12-11-19(26-24)10-9-18-7-5-6-8-22(18)27/h5-12,15,21,27H,13-14H2,1-4H3. The van der Waals surface area contributed by atoms with E-state index >= 15 is 0 Å². The molecule has 1 atom stereocenters. The van der Waals surface area contributed by atoms with Gasteiger partial charge in [-0.05, 0) is 79.0 Å². The van der Waals surface area contributed by atoms with Gasteiger partial charge in [0.05, 0.1) is 11.2 Å². The molecule has 1 heterocycles. The number of aromatic nitrogens is 1. The molecule has 2 nitrogen and oxygen atoms in total. The van der Waals surface area contributed by atoms with E-state index < -0.39 is 0 Å². The molecule has 1 unspecified atom stereocenters. The first-order valence-corrected chi connectivity index (χ1v) is 9.74. The summed E-state index contributed by atoms with van der Waals surface area (Å²) in [5, 5.41) is 11.2. The lowest BCUT2D eigenvalue weighted by atomic mass is 9.59. The number of pyridine rings is 1. The van der Waals surface area contributed by atoms with Crippen LogP contribution in [0.3, 0.4) is 0 Å². The Morgan fingerprint density at radius 3 is 2.48 bits per heavy atom. The molecule has 1 aromatic heterocycles. The molecule has 1 N–H and O–H groups in total. The maximum atomic E-state index is 9.98. The summed E-state index contributed by atoms with van der Waals surface area (Å²) in [4.78, 5) is 5.04. The number of hydrogen-bond acceptors (Lipinski definition) is 2. The van der Waals surface area contributed by atoms with Crippen LogP contribution in [0.15, 0.2) is 42.5 Å². The van der Waals surface area contributed by atoms with E-state index in [1.807, 2.05) is 30.4 Å². The fourth-order valence-corrected chi connectivity index (χ4v) is 4.40. The van der Waals surface area contributed by atoms with Crippen LogP contribution in [-0.2, 0) is 0 Å². The highest BCUT2D eigenvalue weighted by Gasteiger charge is 2.41. The molecule has 0 saturated heterocycles. The van der Waals surface area contributed by atoms with Gasteiger partial charge < -0.3 is 5.11 Å². The van der Waals surface area contributed by atoms with Gasteiger partial charge in [0.2, 0.25) is 0 Å². The number of hydrogen-bond donors (Lipinski definition) is 1. The summed E-state index contributed by atoms with van der Waals surface area (Å²) in [6.45, 7) is 9.13. The summed E-state index contributed by atoms with van der Waals surface area (Å²) in [6, 6.07) is 13.9. The van der Waals surface area contributed by atoms with E-state index in [2.05, 4.69) is 45.9 Å². The molecule has 0 spiro atoms. The Labute approximate surface area is 161 Å². The molecule has 2 aromatic carbocycles. The van der Waals surface area contributed by atoms with Gasteiger partial charge in [-0.25, -0.2) is 4.98 Å². The molecule has 1 aliphatic carbocycles. The van der Waals surface area contributed by atoms with Crippen LogP contribution < -0.4 is 0 Å². The first-order valence-electron chi connectivity index (χ1n) is 9.74. The quantitative estimate of drug-likeness (QED) is 0.570. The maximum Gasteiger partial charge on any atom is 0.122 e. The summed E-state index contributed by atoms with van der Waals surface area (Å²) >= 11 is 0. The average molecular weight is 357 g/mol. The van der Waals surface area contributed by atoms with Crippen LogP contribution in [0, 0.1) is 19.3 Å². The molecule has 0 amide bonds. The fourth-order valence-electron chi connectivity index (χ4n) is 4.40.